The van der Waals surface area contributed by atoms with Crippen molar-refractivity contribution in [1.29, 1.82) is 0 Å². The second-order valence-electron chi connectivity index (χ2n) is 5.37. The van der Waals surface area contributed by atoms with Gasteiger partial charge in [0.1, 0.15) is 0 Å². The van der Waals surface area contributed by atoms with Crippen LogP contribution in [0.1, 0.15) is 54.0 Å². The average Bonchev–Trinajstić information content (AvgIpc) is 3.14. The molecule has 0 saturated carbocycles. The van der Waals surface area contributed by atoms with E-state index >= 15 is 0 Å². The molecule has 4 heteroatoms. The van der Waals surface area contributed by atoms with Crippen LogP contribution in [0.5, 0.6) is 0 Å². The van der Waals surface area contributed by atoms with Gasteiger partial charge in [-0.25, -0.2) is 0 Å². The first-order chi connectivity index (χ1) is 12.7. The van der Waals surface area contributed by atoms with Crippen molar-refractivity contribution in [2.45, 2.75) is 54.9 Å². The molecule has 0 unspecified atom stereocenters. The molecule has 0 aliphatic rings. The first-order valence-electron chi connectivity index (χ1n) is 10.2. The van der Waals surface area contributed by atoms with Gasteiger partial charge in [-0.2, -0.15) is 51.4 Å². The van der Waals surface area contributed by atoms with E-state index in [0.717, 1.165) is 45.7 Å². The maximum atomic E-state index is 3.97. The molecule has 0 bridgehead atoms. The van der Waals surface area contributed by atoms with Crippen LogP contribution in [-0.2, 0) is 28.1 Å². The smallest absolute Gasteiger partial charge is 0.663 e. The van der Waals surface area contributed by atoms with Crippen LogP contribution in [0.25, 0.3) is 26.7 Å². The Morgan fingerprint density at radius 3 is 1.44 bits per heavy atom. The van der Waals surface area contributed by atoms with Gasteiger partial charge in [-0.1, -0.05) is 60.1 Å². The summed E-state index contributed by atoms with van der Waals surface area (Å²) < 4.78 is 0. The van der Waals surface area contributed by atoms with Crippen molar-refractivity contribution < 1.29 is 21.7 Å². The third kappa shape index (κ3) is 18.5. The number of rotatable bonds is 7. The fourth-order valence-corrected chi connectivity index (χ4v) is 2.21. The summed E-state index contributed by atoms with van der Waals surface area (Å²) in [5, 5.41) is 14.7. The quantitative estimate of drug-likeness (QED) is 0.341. The Kier molecular flexibility index (Phi) is 29.3. The normalized spacial score (nSPS) is 9.00. The minimum atomic E-state index is 0. The van der Waals surface area contributed by atoms with Gasteiger partial charge < -0.3 is 16.0 Å². The van der Waals surface area contributed by atoms with Gasteiger partial charge in [0.25, 0.3) is 0 Å². The summed E-state index contributed by atoms with van der Waals surface area (Å²) >= 11 is 0. The number of hydrogen-bond donors (Lipinski definition) is 0. The Balaban J connectivity index is -0.000000311. The molecule has 0 saturated heterocycles. The van der Waals surface area contributed by atoms with Gasteiger partial charge in [0.05, 0.1) is 0 Å². The molecular formula is C23H41N3Ti. The van der Waals surface area contributed by atoms with Crippen molar-refractivity contribution in [3.63, 3.8) is 0 Å². The summed E-state index contributed by atoms with van der Waals surface area (Å²) in [5.41, 5.74) is 1.45. The van der Waals surface area contributed by atoms with Crippen LogP contribution in [-0.4, -0.2) is 39.3 Å². The second-order valence-corrected chi connectivity index (χ2v) is 5.37. The summed E-state index contributed by atoms with van der Waals surface area (Å²) in [6.45, 7) is 20.3. The van der Waals surface area contributed by atoms with Crippen LogP contribution in [0.2, 0.25) is 0 Å². The molecule has 27 heavy (non-hydrogen) atoms. The Labute approximate surface area is 184 Å². The van der Waals surface area contributed by atoms with Crippen LogP contribution in [0, 0.1) is 0 Å². The van der Waals surface area contributed by atoms with Crippen molar-refractivity contribution in [3.8, 4) is 0 Å². The SMILES string of the molecule is CC[N-]CC.CC[N-]CC.CC[N-]CC.CCc1cccc2[cH-]ccc12.[Ti+4]. The Morgan fingerprint density at radius 2 is 1.11 bits per heavy atom. The fourth-order valence-electron chi connectivity index (χ4n) is 2.21. The van der Waals surface area contributed by atoms with Crippen molar-refractivity contribution in [1.82, 2.24) is 0 Å². The van der Waals surface area contributed by atoms with E-state index < -0.39 is 0 Å². The molecule has 0 radical (unpaired) electrons. The number of hydrogen-bond acceptors (Lipinski definition) is 0. The summed E-state index contributed by atoms with van der Waals surface area (Å²) in [7, 11) is 0. The maximum Gasteiger partial charge on any atom is 4.00 e. The zero-order valence-electron chi connectivity index (χ0n) is 18.8. The largest absolute Gasteiger partial charge is 4.00 e. The second kappa shape index (κ2) is 25.4. The van der Waals surface area contributed by atoms with Crippen molar-refractivity contribution in [2.24, 2.45) is 0 Å². The molecule has 2 aromatic rings. The molecule has 0 aromatic heterocycles. The Hall–Kier alpha value is -0.576. The first kappa shape index (κ1) is 31.1. The van der Waals surface area contributed by atoms with Crippen LogP contribution in [0.15, 0.2) is 36.4 Å². The fraction of sp³-hybridized carbons (Fsp3) is 0.609. The van der Waals surface area contributed by atoms with Crippen molar-refractivity contribution in [2.75, 3.05) is 39.3 Å². The van der Waals surface area contributed by atoms with Crippen LogP contribution in [0.3, 0.4) is 0 Å². The molecule has 2 rings (SSSR count). The number of aryl methyl sites for hydroxylation is 1. The van der Waals surface area contributed by atoms with Crippen LogP contribution < -0.4 is 0 Å². The van der Waals surface area contributed by atoms with E-state index in [4.69, 9.17) is 0 Å². The predicted octanol–water partition coefficient (Wildman–Crippen LogP) is 7.32. The monoisotopic (exact) mass is 407 g/mol. The molecule has 0 atom stereocenters. The number of nitrogens with zero attached hydrogens (tertiary/aromatic N) is 3. The zero-order valence-corrected chi connectivity index (χ0v) is 20.3. The minimum absolute atomic E-state index is 0. The van der Waals surface area contributed by atoms with Gasteiger partial charge in [0, 0.05) is 0 Å². The zero-order chi connectivity index (χ0) is 20.0. The number of fused-ring (bicyclic) bond motifs is 1. The molecule has 152 valence electrons. The molecule has 0 heterocycles. The van der Waals surface area contributed by atoms with E-state index in [1.165, 1.54) is 16.3 Å². The minimum Gasteiger partial charge on any atom is -0.663 e. The Bertz CT molecular complexity index is 477. The van der Waals surface area contributed by atoms with E-state index in [1.54, 1.807) is 0 Å². The molecule has 0 aliphatic heterocycles. The van der Waals surface area contributed by atoms with Gasteiger partial charge >= 0.3 is 21.7 Å². The maximum absolute atomic E-state index is 3.97. The molecule has 2 aromatic carbocycles. The van der Waals surface area contributed by atoms with E-state index in [2.05, 4.69) is 59.3 Å². The van der Waals surface area contributed by atoms with E-state index in [0.29, 0.717) is 0 Å². The third-order valence-electron chi connectivity index (χ3n) is 3.49. The summed E-state index contributed by atoms with van der Waals surface area (Å²) in [5.74, 6) is 0. The van der Waals surface area contributed by atoms with E-state index in [9.17, 15) is 0 Å². The van der Waals surface area contributed by atoms with E-state index in [1.807, 2.05) is 41.5 Å². The van der Waals surface area contributed by atoms with Gasteiger partial charge in [-0.15, -0.1) is 29.0 Å². The van der Waals surface area contributed by atoms with Gasteiger partial charge in [-0.3, -0.25) is 0 Å². The van der Waals surface area contributed by atoms with Gasteiger partial charge in [-0.05, 0) is 6.42 Å². The van der Waals surface area contributed by atoms with E-state index in [-0.39, 0.29) is 21.7 Å². The molecule has 3 nitrogen and oxygen atoms in total. The van der Waals surface area contributed by atoms with Gasteiger partial charge in [0.15, 0.2) is 0 Å². The van der Waals surface area contributed by atoms with Crippen LogP contribution >= 0.6 is 0 Å². The summed E-state index contributed by atoms with van der Waals surface area (Å²) in [6, 6.07) is 12.9. The van der Waals surface area contributed by atoms with Crippen molar-refractivity contribution in [3.05, 3.63) is 57.9 Å². The molecular weight excluding hydrogens is 366 g/mol. The van der Waals surface area contributed by atoms with Crippen LogP contribution in [0.4, 0.5) is 0 Å². The number of benzene rings is 1. The Morgan fingerprint density at radius 1 is 0.667 bits per heavy atom. The molecule has 0 fully saturated rings. The molecule has 0 N–H and O–H groups in total. The molecule has 0 aliphatic carbocycles. The summed E-state index contributed by atoms with van der Waals surface area (Å²) in [4.78, 5) is 0. The van der Waals surface area contributed by atoms with Gasteiger partial charge in [0.2, 0.25) is 0 Å². The standard InChI is InChI=1S/C11H11.3C4H10N.Ti/c1-2-9-5-3-6-10-7-4-8-11(9)10;3*1-3-5-4-2;/h3-8H,2H2,1H3;3*3-4H2,1-2H3;/q4*-1;+4. The average molecular weight is 407 g/mol. The molecule has 0 amide bonds. The molecule has 0 spiro atoms. The first-order valence-corrected chi connectivity index (χ1v) is 10.2. The van der Waals surface area contributed by atoms with Crippen molar-refractivity contribution >= 4 is 10.8 Å². The third-order valence-corrected chi connectivity index (χ3v) is 3.49. The summed E-state index contributed by atoms with van der Waals surface area (Å²) in [6.07, 6.45) is 1.13. The topological polar surface area (TPSA) is 42.3 Å². The predicted molar refractivity (Wildman–Crippen MR) is 122 cm³/mol.